The third kappa shape index (κ3) is 4.69. The standard InChI is InChI=1S/C15H28O2/c1-13(2)9-8-12-15(14(16)17)10-6-4-3-5-7-11-15/h13H,3-12H2,1-2H3,(H,16,17). The SMILES string of the molecule is CC(C)CCCC1(C(=O)O)CCCCCCC1. The second kappa shape index (κ2) is 7.03. The third-order valence-corrected chi connectivity index (χ3v) is 4.20. The first-order valence-corrected chi connectivity index (χ1v) is 7.30. The minimum Gasteiger partial charge on any atom is -0.481 e. The molecule has 0 aromatic heterocycles. The highest BCUT2D eigenvalue weighted by Gasteiger charge is 2.37. The molecule has 0 unspecified atom stereocenters. The van der Waals surface area contributed by atoms with Gasteiger partial charge in [0.05, 0.1) is 5.41 Å². The van der Waals surface area contributed by atoms with E-state index in [4.69, 9.17) is 0 Å². The zero-order valence-electron chi connectivity index (χ0n) is 11.5. The molecule has 17 heavy (non-hydrogen) atoms. The Morgan fingerprint density at radius 2 is 1.65 bits per heavy atom. The van der Waals surface area contributed by atoms with Crippen LogP contribution in [0, 0.1) is 11.3 Å². The van der Waals surface area contributed by atoms with Crippen LogP contribution < -0.4 is 0 Å². The predicted molar refractivity (Wildman–Crippen MR) is 71.1 cm³/mol. The summed E-state index contributed by atoms with van der Waals surface area (Å²) in [5.74, 6) is 0.151. The van der Waals surface area contributed by atoms with E-state index in [9.17, 15) is 9.90 Å². The summed E-state index contributed by atoms with van der Waals surface area (Å²) in [7, 11) is 0. The van der Waals surface area contributed by atoms with Crippen molar-refractivity contribution in [2.75, 3.05) is 0 Å². The molecular weight excluding hydrogens is 212 g/mol. The summed E-state index contributed by atoms with van der Waals surface area (Å²) in [5.41, 5.74) is -0.394. The van der Waals surface area contributed by atoms with Crippen molar-refractivity contribution < 1.29 is 9.90 Å². The number of carboxylic acid groups (broad SMARTS) is 1. The molecule has 0 spiro atoms. The van der Waals surface area contributed by atoms with Gasteiger partial charge in [-0.15, -0.1) is 0 Å². The quantitative estimate of drug-likeness (QED) is 0.760. The van der Waals surface area contributed by atoms with Crippen LogP contribution in [-0.2, 0) is 4.79 Å². The molecule has 100 valence electrons. The van der Waals surface area contributed by atoms with Crippen LogP contribution in [-0.4, -0.2) is 11.1 Å². The van der Waals surface area contributed by atoms with Crippen molar-refractivity contribution >= 4 is 5.97 Å². The monoisotopic (exact) mass is 240 g/mol. The lowest BCUT2D eigenvalue weighted by atomic mass is 9.72. The molecule has 0 radical (unpaired) electrons. The van der Waals surface area contributed by atoms with Gasteiger partial charge < -0.3 is 5.11 Å². The molecule has 1 rings (SSSR count). The fraction of sp³-hybridized carbons (Fsp3) is 0.933. The van der Waals surface area contributed by atoms with Gasteiger partial charge in [0.1, 0.15) is 0 Å². The van der Waals surface area contributed by atoms with Crippen LogP contribution in [0.25, 0.3) is 0 Å². The Morgan fingerprint density at radius 3 is 2.12 bits per heavy atom. The molecule has 0 saturated heterocycles. The van der Waals surface area contributed by atoms with Gasteiger partial charge in [0.25, 0.3) is 0 Å². The molecule has 0 aliphatic heterocycles. The Labute approximate surface area is 106 Å². The average molecular weight is 240 g/mol. The molecule has 1 fully saturated rings. The van der Waals surface area contributed by atoms with Crippen molar-refractivity contribution in [2.45, 2.75) is 78.1 Å². The summed E-state index contributed by atoms with van der Waals surface area (Å²) >= 11 is 0. The van der Waals surface area contributed by atoms with Crippen LogP contribution >= 0.6 is 0 Å². The first-order chi connectivity index (χ1) is 8.07. The minimum absolute atomic E-state index is 0.394. The van der Waals surface area contributed by atoms with E-state index in [0.717, 1.165) is 44.9 Å². The van der Waals surface area contributed by atoms with Crippen molar-refractivity contribution in [2.24, 2.45) is 11.3 Å². The van der Waals surface area contributed by atoms with E-state index in [1.807, 2.05) is 0 Å². The Morgan fingerprint density at radius 1 is 1.12 bits per heavy atom. The Balaban J connectivity index is 2.55. The van der Waals surface area contributed by atoms with E-state index in [-0.39, 0.29) is 0 Å². The molecule has 1 N–H and O–H groups in total. The molecule has 1 saturated carbocycles. The van der Waals surface area contributed by atoms with Gasteiger partial charge in [-0.25, -0.2) is 0 Å². The van der Waals surface area contributed by atoms with Crippen LogP contribution in [0.4, 0.5) is 0 Å². The Hall–Kier alpha value is -0.530. The molecule has 0 atom stereocenters. The van der Waals surface area contributed by atoms with Crippen LogP contribution in [0.15, 0.2) is 0 Å². The second-order valence-electron chi connectivity index (χ2n) is 6.14. The van der Waals surface area contributed by atoms with Gasteiger partial charge in [-0.3, -0.25) is 4.79 Å². The molecule has 0 aromatic carbocycles. The number of hydrogen-bond donors (Lipinski definition) is 1. The van der Waals surface area contributed by atoms with Crippen LogP contribution in [0.5, 0.6) is 0 Å². The van der Waals surface area contributed by atoms with E-state index in [1.165, 1.54) is 19.3 Å². The molecule has 0 aromatic rings. The number of rotatable bonds is 5. The number of carboxylic acids is 1. The van der Waals surface area contributed by atoms with Gasteiger partial charge in [0.15, 0.2) is 0 Å². The maximum atomic E-state index is 11.6. The van der Waals surface area contributed by atoms with Crippen molar-refractivity contribution in [3.63, 3.8) is 0 Å². The van der Waals surface area contributed by atoms with Crippen molar-refractivity contribution in [1.29, 1.82) is 0 Å². The molecule has 1 aliphatic rings. The first-order valence-electron chi connectivity index (χ1n) is 7.30. The van der Waals surface area contributed by atoms with Crippen molar-refractivity contribution in [3.8, 4) is 0 Å². The molecule has 0 amide bonds. The smallest absolute Gasteiger partial charge is 0.309 e. The van der Waals surface area contributed by atoms with E-state index in [0.29, 0.717) is 5.92 Å². The maximum absolute atomic E-state index is 11.6. The normalized spacial score (nSPS) is 20.9. The van der Waals surface area contributed by atoms with Gasteiger partial charge in [-0.1, -0.05) is 58.8 Å². The van der Waals surface area contributed by atoms with Crippen LogP contribution in [0.2, 0.25) is 0 Å². The Kier molecular flexibility index (Phi) is 6.01. The van der Waals surface area contributed by atoms with Crippen molar-refractivity contribution in [3.05, 3.63) is 0 Å². The number of aliphatic carboxylic acids is 1. The zero-order valence-corrected chi connectivity index (χ0v) is 11.5. The van der Waals surface area contributed by atoms with Crippen LogP contribution in [0.3, 0.4) is 0 Å². The minimum atomic E-state index is -0.539. The number of hydrogen-bond acceptors (Lipinski definition) is 1. The topological polar surface area (TPSA) is 37.3 Å². The molecule has 2 heteroatoms. The molecule has 2 nitrogen and oxygen atoms in total. The molecule has 1 aliphatic carbocycles. The summed E-state index contributed by atoms with van der Waals surface area (Å²) in [4.78, 5) is 11.6. The number of carbonyl (C=O) groups is 1. The second-order valence-corrected chi connectivity index (χ2v) is 6.14. The summed E-state index contributed by atoms with van der Waals surface area (Å²) in [5, 5.41) is 9.57. The maximum Gasteiger partial charge on any atom is 0.309 e. The third-order valence-electron chi connectivity index (χ3n) is 4.20. The highest BCUT2D eigenvalue weighted by molar-refractivity contribution is 5.74. The summed E-state index contributed by atoms with van der Waals surface area (Å²) < 4.78 is 0. The Bertz CT molecular complexity index is 225. The lowest BCUT2D eigenvalue weighted by Crippen LogP contribution is -2.32. The zero-order chi connectivity index (χ0) is 12.7. The molecule has 0 heterocycles. The van der Waals surface area contributed by atoms with Gasteiger partial charge in [0, 0.05) is 0 Å². The fourth-order valence-corrected chi connectivity index (χ4v) is 3.00. The van der Waals surface area contributed by atoms with Crippen molar-refractivity contribution in [1.82, 2.24) is 0 Å². The lowest BCUT2D eigenvalue weighted by molar-refractivity contribution is -0.151. The highest BCUT2D eigenvalue weighted by Crippen LogP contribution is 2.39. The predicted octanol–water partition coefficient (Wildman–Crippen LogP) is 4.63. The van der Waals surface area contributed by atoms with Crippen LogP contribution in [0.1, 0.15) is 78.1 Å². The van der Waals surface area contributed by atoms with Gasteiger partial charge in [-0.05, 0) is 25.2 Å². The van der Waals surface area contributed by atoms with Gasteiger partial charge in [0.2, 0.25) is 0 Å². The molecule has 0 bridgehead atoms. The fourth-order valence-electron chi connectivity index (χ4n) is 3.00. The highest BCUT2D eigenvalue weighted by atomic mass is 16.4. The van der Waals surface area contributed by atoms with E-state index in [2.05, 4.69) is 13.8 Å². The van der Waals surface area contributed by atoms with E-state index >= 15 is 0 Å². The molecular formula is C15H28O2. The van der Waals surface area contributed by atoms with E-state index in [1.54, 1.807) is 0 Å². The summed E-state index contributed by atoms with van der Waals surface area (Å²) in [6.07, 6.45) is 10.9. The summed E-state index contributed by atoms with van der Waals surface area (Å²) in [6.45, 7) is 4.43. The average Bonchev–Trinajstić information content (AvgIpc) is 2.20. The largest absolute Gasteiger partial charge is 0.481 e. The lowest BCUT2D eigenvalue weighted by Gasteiger charge is -2.31. The van der Waals surface area contributed by atoms with E-state index < -0.39 is 11.4 Å². The van der Waals surface area contributed by atoms with Gasteiger partial charge >= 0.3 is 5.97 Å². The summed E-state index contributed by atoms with van der Waals surface area (Å²) in [6, 6.07) is 0. The first kappa shape index (κ1) is 14.5. The van der Waals surface area contributed by atoms with Gasteiger partial charge in [-0.2, -0.15) is 0 Å².